The van der Waals surface area contributed by atoms with Crippen LogP contribution in [0.3, 0.4) is 0 Å². The van der Waals surface area contributed by atoms with Crippen molar-refractivity contribution in [1.82, 2.24) is 0 Å². The Labute approximate surface area is 152 Å². The molecule has 0 aliphatic carbocycles. The van der Waals surface area contributed by atoms with Crippen molar-refractivity contribution in [3.05, 3.63) is 91.0 Å². The highest BCUT2D eigenvalue weighted by atomic mass is 16.2. The summed E-state index contributed by atoms with van der Waals surface area (Å²) in [5, 5.41) is 17.0. The third-order valence-corrected chi connectivity index (χ3v) is 5.11. The maximum absolute atomic E-state index is 9.32. The molecule has 5 aromatic carbocycles. The van der Waals surface area contributed by atoms with Crippen LogP contribution in [0.1, 0.15) is 0 Å². The van der Waals surface area contributed by atoms with Gasteiger partial charge in [-0.1, -0.05) is 90.4 Å². The van der Waals surface area contributed by atoms with Crippen molar-refractivity contribution in [3.8, 4) is 11.1 Å². The van der Waals surface area contributed by atoms with Gasteiger partial charge in [-0.15, -0.1) is 0 Å². The molecule has 121 valence electrons. The van der Waals surface area contributed by atoms with E-state index in [0.29, 0.717) is 0 Å². The van der Waals surface area contributed by atoms with Crippen LogP contribution in [0.4, 0.5) is 0 Å². The second-order valence-corrected chi connectivity index (χ2v) is 6.61. The highest BCUT2D eigenvalue weighted by Gasteiger charge is 2.09. The summed E-state index contributed by atoms with van der Waals surface area (Å²) in [5.74, 6) is 0. The number of rotatable bonds is 2. The molecule has 0 bridgehead atoms. The molecule has 0 fully saturated rings. The topological polar surface area (TPSA) is 20.2 Å². The van der Waals surface area contributed by atoms with Crippen LogP contribution in [0.5, 0.6) is 0 Å². The van der Waals surface area contributed by atoms with Gasteiger partial charge in [0.15, 0.2) is 0 Å². The second-order valence-electron chi connectivity index (χ2n) is 6.61. The van der Waals surface area contributed by atoms with Crippen molar-refractivity contribution in [2.75, 3.05) is 0 Å². The summed E-state index contributed by atoms with van der Waals surface area (Å²) in [6.07, 6.45) is 0. The monoisotopic (exact) mass is 331 g/mol. The highest BCUT2D eigenvalue weighted by molar-refractivity contribution is 6.45. The Morgan fingerprint density at radius 1 is 0.462 bits per heavy atom. The summed E-state index contributed by atoms with van der Waals surface area (Å²) in [4.78, 5) is 0. The summed E-state index contributed by atoms with van der Waals surface area (Å²) < 4.78 is 0. The van der Waals surface area contributed by atoms with E-state index in [1.54, 1.807) is 0 Å². The molecular weight excluding hydrogens is 315 g/mol. The molecule has 5 aromatic rings. The van der Waals surface area contributed by atoms with Crippen LogP contribution in [0.25, 0.3) is 43.4 Å². The number of hydrogen-bond acceptors (Lipinski definition) is 1. The standard InChI is InChI=1S/C24H16BO/c26-25-18-7-5-6-16(14-18)17-12-13-23-21-10-2-1-8-19(21)20-9-3-4-11-22(20)24(23)15-17/h1-15,26H. The highest BCUT2D eigenvalue weighted by Crippen LogP contribution is 2.36. The van der Waals surface area contributed by atoms with Gasteiger partial charge in [0.25, 0.3) is 0 Å². The van der Waals surface area contributed by atoms with Crippen molar-refractivity contribution in [2.45, 2.75) is 0 Å². The fraction of sp³-hybridized carbons (Fsp3) is 0. The first kappa shape index (κ1) is 15.2. The summed E-state index contributed by atoms with van der Waals surface area (Å²) >= 11 is 0. The average Bonchev–Trinajstić information content (AvgIpc) is 2.73. The molecule has 5 rings (SSSR count). The molecule has 0 aliphatic heterocycles. The third kappa shape index (κ3) is 2.31. The minimum Gasteiger partial charge on any atom is -0.450 e. The van der Waals surface area contributed by atoms with E-state index in [1.165, 1.54) is 32.3 Å². The molecule has 2 heteroatoms. The Morgan fingerprint density at radius 3 is 1.62 bits per heavy atom. The van der Waals surface area contributed by atoms with Gasteiger partial charge < -0.3 is 5.02 Å². The van der Waals surface area contributed by atoms with Crippen molar-refractivity contribution >= 4 is 45.3 Å². The second kappa shape index (κ2) is 6.01. The molecular formula is C24H16BO. The first-order chi connectivity index (χ1) is 12.8. The van der Waals surface area contributed by atoms with E-state index < -0.39 is 0 Å². The van der Waals surface area contributed by atoms with Crippen LogP contribution in [0.15, 0.2) is 91.0 Å². The van der Waals surface area contributed by atoms with E-state index in [1.807, 2.05) is 18.2 Å². The Kier molecular flexibility index (Phi) is 3.51. The van der Waals surface area contributed by atoms with Crippen LogP contribution in [-0.4, -0.2) is 12.5 Å². The van der Waals surface area contributed by atoms with Crippen LogP contribution < -0.4 is 5.46 Å². The average molecular weight is 331 g/mol. The van der Waals surface area contributed by atoms with E-state index >= 15 is 0 Å². The zero-order chi connectivity index (χ0) is 17.5. The SMILES string of the molecule is O[B]c1cccc(-c2ccc3c4ccccc4c4ccccc4c3c2)c1. The Hall–Kier alpha value is -3.10. The lowest BCUT2D eigenvalue weighted by molar-refractivity contribution is 0.615. The van der Waals surface area contributed by atoms with Gasteiger partial charge in [0.1, 0.15) is 0 Å². The molecule has 0 saturated heterocycles. The van der Waals surface area contributed by atoms with E-state index in [4.69, 9.17) is 0 Å². The Morgan fingerprint density at radius 2 is 1.00 bits per heavy atom. The predicted octanol–water partition coefficient (Wildman–Crippen LogP) is 5.05. The molecule has 0 amide bonds. The minimum atomic E-state index is 0.811. The van der Waals surface area contributed by atoms with Crippen LogP contribution in [0, 0.1) is 0 Å². The molecule has 0 spiro atoms. The first-order valence-electron chi connectivity index (χ1n) is 8.76. The van der Waals surface area contributed by atoms with Gasteiger partial charge in [-0.3, -0.25) is 0 Å². The van der Waals surface area contributed by atoms with Crippen molar-refractivity contribution in [1.29, 1.82) is 0 Å². The summed E-state index contributed by atoms with van der Waals surface area (Å²) in [7, 11) is 1.15. The number of benzene rings is 5. The maximum Gasteiger partial charge on any atom is 0.326 e. The van der Waals surface area contributed by atoms with Gasteiger partial charge in [-0.05, 0) is 49.5 Å². The summed E-state index contributed by atoms with van der Waals surface area (Å²) in [5.41, 5.74) is 3.07. The maximum atomic E-state index is 9.32. The van der Waals surface area contributed by atoms with Crippen molar-refractivity contribution < 1.29 is 5.02 Å². The lowest BCUT2D eigenvalue weighted by atomic mass is 9.86. The zero-order valence-corrected chi connectivity index (χ0v) is 14.2. The van der Waals surface area contributed by atoms with Crippen molar-refractivity contribution in [3.63, 3.8) is 0 Å². The molecule has 1 N–H and O–H groups in total. The Bertz CT molecular complexity index is 1240. The van der Waals surface area contributed by atoms with Crippen LogP contribution in [0.2, 0.25) is 0 Å². The quantitative estimate of drug-likeness (QED) is 0.354. The lowest BCUT2D eigenvalue weighted by Gasteiger charge is -2.12. The van der Waals surface area contributed by atoms with Gasteiger partial charge >= 0.3 is 7.48 Å². The molecule has 1 radical (unpaired) electrons. The van der Waals surface area contributed by atoms with E-state index in [0.717, 1.165) is 24.1 Å². The molecule has 26 heavy (non-hydrogen) atoms. The van der Waals surface area contributed by atoms with Gasteiger partial charge in [0.2, 0.25) is 0 Å². The normalized spacial score (nSPS) is 11.3. The van der Waals surface area contributed by atoms with E-state index in [9.17, 15) is 5.02 Å². The van der Waals surface area contributed by atoms with E-state index in [-0.39, 0.29) is 0 Å². The van der Waals surface area contributed by atoms with Gasteiger partial charge in [0, 0.05) is 0 Å². The van der Waals surface area contributed by atoms with Crippen LogP contribution in [-0.2, 0) is 0 Å². The van der Waals surface area contributed by atoms with Gasteiger partial charge in [-0.25, -0.2) is 0 Å². The van der Waals surface area contributed by atoms with Gasteiger partial charge in [0.05, 0.1) is 0 Å². The first-order valence-corrected chi connectivity index (χ1v) is 8.76. The van der Waals surface area contributed by atoms with Gasteiger partial charge in [-0.2, -0.15) is 0 Å². The largest absolute Gasteiger partial charge is 0.450 e. The molecule has 0 heterocycles. The fourth-order valence-electron chi connectivity index (χ4n) is 3.89. The molecule has 0 saturated carbocycles. The third-order valence-electron chi connectivity index (χ3n) is 5.11. The minimum absolute atomic E-state index is 0.811. The lowest BCUT2D eigenvalue weighted by Crippen LogP contribution is -2.12. The molecule has 0 aliphatic rings. The number of fused-ring (bicyclic) bond motifs is 6. The zero-order valence-electron chi connectivity index (χ0n) is 14.2. The molecule has 1 nitrogen and oxygen atoms in total. The summed E-state index contributed by atoms with van der Waals surface area (Å²) in [6, 6.07) is 31.8. The molecule has 0 aromatic heterocycles. The molecule has 0 atom stereocenters. The van der Waals surface area contributed by atoms with E-state index in [2.05, 4.69) is 72.8 Å². The molecule has 0 unspecified atom stereocenters. The fourth-order valence-corrected chi connectivity index (χ4v) is 3.89. The van der Waals surface area contributed by atoms with Crippen molar-refractivity contribution in [2.24, 2.45) is 0 Å². The Balaban J connectivity index is 1.88. The predicted molar refractivity (Wildman–Crippen MR) is 112 cm³/mol. The van der Waals surface area contributed by atoms with Crippen LogP contribution >= 0.6 is 0 Å². The smallest absolute Gasteiger partial charge is 0.326 e. The summed E-state index contributed by atoms with van der Waals surface area (Å²) in [6.45, 7) is 0. The number of hydrogen-bond donors (Lipinski definition) is 1.